The van der Waals surface area contributed by atoms with E-state index in [-0.39, 0.29) is 23.8 Å². The number of nitrogens with zero attached hydrogens (tertiary/aromatic N) is 3. The van der Waals surface area contributed by atoms with Gasteiger partial charge in [0, 0.05) is 28.8 Å². The van der Waals surface area contributed by atoms with Crippen molar-refractivity contribution in [2.45, 2.75) is 24.4 Å². The van der Waals surface area contributed by atoms with Crippen LogP contribution in [0.1, 0.15) is 18.4 Å². The summed E-state index contributed by atoms with van der Waals surface area (Å²) in [6.07, 6.45) is 1.75. The number of likely N-dealkylation sites (N-methyl/N-ethyl adjacent to an activating group) is 1. The van der Waals surface area contributed by atoms with Crippen LogP contribution in [-0.4, -0.2) is 42.3 Å². The Hall–Kier alpha value is -2.51. The van der Waals surface area contributed by atoms with Gasteiger partial charge in [0.05, 0.1) is 17.5 Å². The molecule has 4 unspecified atom stereocenters. The molecular formula is C23H20BrN3O3. The van der Waals surface area contributed by atoms with Gasteiger partial charge in [-0.1, -0.05) is 34.1 Å². The third kappa shape index (κ3) is 1.95. The highest BCUT2D eigenvalue weighted by molar-refractivity contribution is 9.10. The van der Waals surface area contributed by atoms with E-state index in [1.807, 2.05) is 36.4 Å². The molecule has 3 saturated heterocycles. The zero-order chi connectivity index (χ0) is 20.8. The van der Waals surface area contributed by atoms with Crippen LogP contribution >= 0.6 is 15.9 Å². The van der Waals surface area contributed by atoms with Crippen LogP contribution in [-0.2, 0) is 19.9 Å². The van der Waals surface area contributed by atoms with E-state index in [9.17, 15) is 14.4 Å². The minimum absolute atomic E-state index is 0.0876. The van der Waals surface area contributed by atoms with Crippen LogP contribution in [0.3, 0.4) is 0 Å². The number of anilines is 2. The Kier molecular flexibility index (Phi) is 3.66. The van der Waals surface area contributed by atoms with Crippen molar-refractivity contribution in [2.75, 3.05) is 23.4 Å². The van der Waals surface area contributed by atoms with Crippen LogP contribution in [0.4, 0.5) is 11.4 Å². The molecule has 152 valence electrons. The number of carbonyl (C=O) groups excluding carboxylic acids is 3. The summed E-state index contributed by atoms with van der Waals surface area (Å²) >= 11 is 3.41. The fourth-order valence-electron chi connectivity index (χ4n) is 6.29. The molecule has 6 rings (SSSR count). The third-order valence-electron chi connectivity index (χ3n) is 7.36. The molecule has 2 aromatic carbocycles. The second-order valence-corrected chi connectivity index (χ2v) is 9.46. The van der Waals surface area contributed by atoms with Gasteiger partial charge in [-0.2, -0.15) is 0 Å². The first-order valence-electron chi connectivity index (χ1n) is 10.3. The van der Waals surface area contributed by atoms with Crippen molar-refractivity contribution in [3.8, 4) is 0 Å². The van der Waals surface area contributed by atoms with Crippen LogP contribution in [0, 0.1) is 11.8 Å². The van der Waals surface area contributed by atoms with Gasteiger partial charge in [-0.25, -0.2) is 4.90 Å². The monoisotopic (exact) mass is 465 g/mol. The Bertz CT molecular complexity index is 1120. The number of amides is 3. The number of para-hydroxylation sites is 1. The predicted octanol–water partition coefficient (Wildman–Crippen LogP) is 2.90. The lowest BCUT2D eigenvalue weighted by molar-refractivity contribution is -0.136. The molecule has 0 N–H and O–H groups in total. The normalized spacial score (nSPS) is 32.3. The number of hydrogen-bond acceptors (Lipinski definition) is 4. The highest BCUT2D eigenvalue weighted by atomic mass is 79.9. The molecule has 0 aromatic heterocycles. The van der Waals surface area contributed by atoms with Gasteiger partial charge in [0.1, 0.15) is 5.54 Å². The van der Waals surface area contributed by atoms with Gasteiger partial charge in [-0.05, 0) is 49.7 Å². The Balaban J connectivity index is 1.57. The summed E-state index contributed by atoms with van der Waals surface area (Å²) in [6.45, 7) is 0.727. The predicted molar refractivity (Wildman–Crippen MR) is 115 cm³/mol. The maximum absolute atomic E-state index is 13.8. The summed E-state index contributed by atoms with van der Waals surface area (Å²) in [5, 5.41) is 0. The number of benzene rings is 2. The standard InChI is InChI=1S/C23H20BrN3O3/c1-25-16-6-3-2-5-15(16)23(22(25)30)19-18(17-7-4-12-26(17)23)20(28)27(21(19)29)14-10-8-13(24)9-11-14/h2-3,5-6,8-11,17-19H,4,7,12H2,1H3. The summed E-state index contributed by atoms with van der Waals surface area (Å²) in [4.78, 5) is 46.4. The number of carbonyl (C=O) groups is 3. The highest BCUT2D eigenvalue weighted by Gasteiger charge is 2.75. The minimum Gasteiger partial charge on any atom is -0.313 e. The Morgan fingerprint density at radius 1 is 1.00 bits per heavy atom. The first-order chi connectivity index (χ1) is 14.5. The Morgan fingerprint density at radius 3 is 2.50 bits per heavy atom. The van der Waals surface area contributed by atoms with Crippen molar-refractivity contribution < 1.29 is 14.4 Å². The number of rotatable bonds is 1. The molecule has 0 bridgehead atoms. The number of fused-ring (bicyclic) bond motifs is 7. The largest absolute Gasteiger partial charge is 0.313 e. The van der Waals surface area contributed by atoms with E-state index in [0.717, 1.165) is 35.1 Å². The zero-order valence-corrected chi connectivity index (χ0v) is 18.0. The van der Waals surface area contributed by atoms with E-state index in [4.69, 9.17) is 0 Å². The summed E-state index contributed by atoms with van der Waals surface area (Å²) in [6, 6.07) is 14.8. The first kappa shape index (κ1) is 18.3. The van der Waals surface area contributed by atoms with Gasteiger partial charge < -0.3 is 4.90 Å². The van der Waals surface area contributed by atoms with Crippen LogP contribution in [0.5, 0.6) is 0 Å². The molecule has 1 spiro atoms. The first-order valence-corrected chi connectivity index (χ1v) is 11.0. The van der Waals surface area contributed by atoms with Gasteiger partial charge >= 0.3 is 0 Å². The molecule has 0 aliphatic carbocycles. The average molecular weight is 466 g/mol. The van der Waals surface area contributed by atoms with Gasteiger partial charge in [0.15, 0.2) is 0 Å². The molecule has 0 saturated carbocycles. The van der Waals surface area contributed by atoms with Gasteiger partial charge in [-0.15, -0.1) is 0 Å². The van der Waals surface area contributed by atoms with Gasteiger partial charge in [-0.3, -0.25) is 19.3 Å². The summed E-state index contributed by atoms with van der Waals surface area (Å²) in [7, 11) is 1.77. The fraction of sp³-hybridized carbons (Fsp3) is 0.348. The van der Waals surface area contributed by atoms with Crippen LogP contribution in [0.2, 0.25) is 0 Å². The van der Waals surface area contributed by atoms with E-state index in [0.29, 0.717) is 5.69 Å². The van der Waals surface area contributed by atoms with Crippen molar-refractivity contribution in [1.82, 2.24) is 4.90 Å². The summed E-state index contributed by atoms with van der Waals surface area (Å²) in [5.74, 6) is -1.73. The molecule has 4 heterocycles. The second kappa shape index (κ2) is 6.02. The van der Waals surface area contributed by atoms with E-state index >= 15 is 0 Å². The average Bonchev–Trinajstić information content (AvgIpc) is 3.44. The van der Waals surface area contributed by atoms with Crippen molar-refractivity contribution in [3.63, 3.8) is 0 Å². The molecule has 3 fully saturated rings. The van der Waals surface area contributed by atoms with Crippen LogP contribution in [0.15, 0.2) is 53.0 Å². The molecule has 4 aliphatic rings. The molecule has 6 nitrogen and oxygen atoms in total. The quantitative estimate of drug-likeness (QED) is 0.607. The SMILES string of the molecule is CN1C(=O)C2(c3ccccc31)C1C(=O)N(c3ccc(Br)cc3)C(=O)C1C1CCCN12. The lowest BCUT2D eigenvalue weighted by atomic mass is 9.75. The zero-order valence-electron chi connectivity index (χ0n) is 16.4. The summed E-state index contributed by atoms with van der Waals surface area (Å²) in [5.41, 5.74) is 1.16. The molecule has 0 radical (unpaired) electrons. The van der Waals surface area contributed by atoms with Crippen LogP contribution < -0.4 is 9.80 Å². The van der Waals surface area contributed by atoms with Crippen molar-refractivity contribution in [3.05, 3.63) is 58.6 Å². The molecule has 4 aliphatic heterocycles. The van der Waals surface area contributed by atoms with Crippen molar-refractivity contribution in [1.29, 1.82) is 0 Å². The van der Waals surface area contributed by atoms with E-state index < -0.39 is 17.4 Å². The Morgan fingerprint density at radius 2 is 1.73 bits per heavy atom. The van der Waals surface area contributed by atoms with E-state index in [1.165, 1.54) is 4.90 Å². The van der Waals surface area contributed by atoms with Crippen molar-refractivity contribution in [2.24, 2.45) is 11.8 Å². The number of imide groups is 1. The third-order valence-corrected chi connectivity index (χ3v) is 7.89. The maximum Gasteiger partial charge on any atom is 0.252 e. The summed E-state index contributed by atoms with van der Waals surface area (Å²) < 4.78 is 0.880. The minimum atomic E-state index is -1.09. The van der Waals surface area contributed by atoms with E-state index in [2.05, 4.69) is 20.8 Å². The van der Waals surface area contributed by atoms with Gasteiger partial charge in [0.2, 0.25) is 11.8 Å². The number of halogens is 1. The molecule has 3 amide bonds. The molecule has 7 heteroatoms. The highest BCUT2D eigenvalue weighted by Crippen LogP contribution is 2.61. The number of hydrogen-bond donors (Lipinski definition) is 0. The second-order valence-electron chi connectivity index (χ2n) is 8.54. The Labute approximate surface area is 182 Å². The molecule has 2 aromatic rings. The fourth-order valence-corrected chi connectivity index (χ4v) is 6.56. The lowest BCUT2D eigenvalue weighted by Crippen LogP contribution is -2.55. The smallest absolute Gasteiger partial charge is 0.252 e. The maximum atomic E-state index is 13.8. The molecular weight excluding hydrogens is 446 g/mol. The topological polar surface area (TPSA) is 60.9 Å². The molecule has 30 heavy (non-hydrogen) atoms. The van der Waals surface area contributed by atoms with Crippen molar-refractivity contribution >= 4 is 45.0 Å². The van der Waals surface area contributed by atoms with E-state index in [1.54, 1.807) is 24.1 Å². The molecule has 4 atom stereocenters. The van der Waals surface area contributed by atoms with Gasteiger partial charge in [0.25, 0.3) is 5.91 Å². The van der Waals surface area contributed by atoms with Crippen LogP contribution in [0.25, 0.3) is 0 Å². The lowest BCUT2D eigenvalue weighted by Gasteiger charge is -2.37.